The number of nitrogens with zero attached hydrogens (tertiary/aromatic N) is 2. The van der Waals surface area contributed by atoms with Crippen LogP contribution in [0.5, 0.6) is 5.75 Å². The van der Waals surface area contributed by atoms with Crippen LogP contribution in [0.4, 0.5) is 13.2 Å². The molecule has 0 amide bonds. The second-order valence-electron chi connectivity index (χ2n) is 5.48. The van der Waals surface area contributed by atoms with E-state index in [1.165, 1.54) is 23.8 Å². The fraction of sp³-hybridized carbons (Fsp3) is 0.176. The van der Waals surface area contributed by atoms with Gasteiger partial charge >= 0.3 is 11.9 Å². The number of H-pyrrole nitrogens is 1. The summed E-state index contributed by atoms with van der Waals surface area (Å²) in [6, 6.07) is 9.45. The summed E-state index contributed by atoms with van der Waals surface area (Å²) in [5, 5.41) is 6.76. The number of methoxy groups -OCH3 is 1. The fourth-order valence-corrected chi connectivity index (χ4v) is 2.68. The number of aromatic amines is 1. The van der Waals surface area contributed by atoms with E-state index < -0.39 is 17.4 Å². The zero-order chi connectivity index (χ0) is 18.9. The van der Waals surface area contributed by atoms with Gasteiger partial charge in [0.2, 0.25) is 0 Å². The summed E-state index contributed by atoms with van der Waals surface area (Å²) in [4.78, 5) is 12.1. The van der Waals surface area contributed by atoms with E-state index in [0.29, 0.717) is 21.9 Å². The molecule has 136 valence electrons. The quantitative estimate of drug-likeness (QED) is 0.741. The largest absolute Gasteiger partial charge is 0.496 e. The van der Waals surface area contributed by atoms with Gasteiger partial charge in [0.25, 0.3) is 0 Å². The molecule has 1 N–H and O–H groups in total. The van der Waals surface area contributed by atoms with Crippen LogP contribution in [0.3, 0.4) is 0 Å². The first-order valence-corrected chi connectivity index (χ1v) is 7.82. The first-order chi connectivity index (χ1) is 12.3. The molecule has 3 aromatic rings. The monoisotopic (exact) mass is 383 g/mol. The predicted molar refractivity (Wildman–Crippen MR) is 90.4 cm³/mol. The molecule has 2 aromatic carbocycles. The van der Waals surface area contributed by atoms with E-state index >= 15 is 0 Å². The maximum atomic E-state index is 12.7. The van der Waals surface area contributed by atoms with Gasteiger partial charge in [-0.15, -0.1) is 0 Å². The van der Waals surface area contributed by atoms with Crippen molar-refractivity contribution in [2.45, 2.75) is 12.7 Å². The molecule has 9 heteroatoms. The van der Waals surface area contributed by atoms with Crippen LogP contribution < -0.4 is 10.4 Å². The molecule has 0 aliphatic carbocycles. The van der Waals surface area contributed by atoms with Crippen molar-refractivity contribution in [1.29, 1.82) is 0 Å². The van der Waals surface area contributed by atoms with E-state index in [0.717, 1.165) is 12.1 Å². The van der Waals surface area contributed by atoms with Gasteiger partial charge in [-0.1, -0.05) is 23.7 Å². The van der Waals surface area contributed by atoms with Crippen LogP contribution in [-0.2, 0) is 12.7 Å². The summed E-state index contributed by atoms with van der Waals surface area (Å²) in [5.74, 6) is 0.733. The maximum absolute atomic E-state index is 12.7. The second-order valence-corrected chi connectivity index (χ2v) is 5.91. The van der Waals surface area contributed by atoms with Crippen LogP contribution in [-0.4, -0.2) is 21.9 Å². The predicted octanol–water partition coefficient (Wildman–Crippen LogP) is 3.97. The van der Waals surface area contributed by atoms with Gasteiger partial charge in [0, 0.05) is 5.02 Å². The molecule has 3 rings (SSSR count). The molecule has 0 saturated heterocycles. The Kier molecular flexibility index (Phi) is 4.78. The average Bonchev–Trinajstić information content (AvgIpc) is 2.95. The van der Waals surface area contributed by atoms with Crippen LogP contribution in [0, 0.1) is 0 Å². The fourth-order valence-electron chi connectivity index (χ4n) is 2.51. The van der Waals surface area contributed by atoms with Gasteiger partial charge in [-0.2, -0.15) is 18.3 Å². The molecule has 0 unspecified atom stereocenters. The SMILES string of the molecule is COc1ccc(Cl)cc1-c1n[nH]c(=O)n1Cc1ccc(C(F)(F)F)cc1. The summed E-state index contributed by atoms with van der Waals surface area (Å²) in [6.07, 6.45) is -4.41. The van der Waals surface area contributed by atoms with Crippen molar-refractivity contribution in [3.8, 4) is 17.1 Å². The molecule has 26 heavy (non-hydrogen) atoms. The average molecular weight is 384 g/mol. The Bertz CT molecular complexity index is 978. The second kappa shape index (κ2) is 6.87. The first kappa shape index (κ1) is 18.1. The third-order valence-corrected chi connectivity index (χ3v) is 4.02. The molecule has 0 fully saturated rings. The molecule has 0 bridgehead atoms. The Morgan fingerprint density at radius 3 is 2.50 bits per heavy atom. The van der Waals surface area contributed by atoms with E-state index in [2.05, 4.69) is 10.2 Å². The number of nitrogens with one attached hydrogen (secondary N) is 1. The van der Waals surface area contributed by atoms with Crippen LogP contribution in [0.2, 0.25) is 5.02 Å². The maximum Gasteiger partial charge on any atom is 0.416 e. The highest BCUT2D eigenvalue weighted by molar-refractivity contribution is 6.30. The number of rotatable bonds is 4. The number of aromatic nitrogens is 3. The Morgan fingerprint density at radius 1 is 1.19 bits per heavy atom. The molecule has 1 heterocycles. The van der Waals surface area contributed by atoms with Crippen LogP contribution in [0.1, 0.15) is 11.1 Å². The Hall–Kier alpha value is -2.74. The van der Waals surface area contributed by atoms with Crippen LogP contribution >= 0.6 is 11.6 Å². The number of benzene rings is 2. The van der Waals surface area contributed by atoms with Gasteiger partial charge in [0.05, 0.1) is 24.8 Å². The highest BCUT2D eigenvalue weighted by Crippen LogP contribution is 2.31. The minimum absolute atomic E-state index is 0.0402. The number of alkyl halides is 3. The molecule has 0 saturated carbocycles. The lowest BCUT2D eigenvalue weighted by Crippen LogP contribution is -2.18. The van der Waals surface area contributed by atoms with Gasteiger partial charge in [-0.05, 0) is 35.9 Å². The Labute approximate surface area is 151 Å². The topological polar surface area (TPSA) is 59.9 Å². The van der Waals surface area contributed by atoms with Gasteiger partial charge in [0.1, 0.15) is 5.75 Å². The third kappa shape index (κ3) is 3.60. The molecule has 5 nitrogen and oxygen atoms in total. The van der Waals surface area contributed by atoms with E-state index in [-0.39, 0.29) is 12.4 Å². The molecule has 0 atom stereocenters. The summed E-state index contributed by atoms with van der Waals surface area (Å²) in [7, 11) is 1.47. The third-order valence-electron chi connectivity index (χ3n) is 3.78. The van der Waals surface area contributed by atoms with E-state index in [9.17, 15) is 18.0 Å². The minimum Gasteiger partial charge on any atom is -0.496 e. The standard InChI is InChI=1S/C17H13ClF3N3O2/c1-26-14-7-6-12(18)8-13(14)15-22-23-16(25)24(15)9-10-2-4-11(5-3-10)17(19,20)21/h2-8H,9H2,1H3,(H,23,25). The summed E-state index contributed by atoms with van der Waals surface area (Å²) in [5.41, 5.74) is -0.242. The summed E-state index contributed by atoms with van der Waals surface area (Å²) >= 11 is 6.02. The number of ether oxygens (including phenoxy) is 1. The van der Waals surface area contributed by atoms with Crippen molar-refractivity contribution >= 4 is 11.6 Å². The van der Waals surface area contributed by atoms with Gasteiger partial charge in [-0.25, -0.2) is 9.89 Å². The zero-order valence-corrected chi connectivity index (χ0v) is 14.2. The summed E-state index contributed by atoms with van der Waals surface area (Å²) < 4.78 is 44.6. The Morgan fingerprint density at radius 2 is 1.88 bits per heavy atom. The summed E-state index contributed by atoms with van der Waals surface area (Å²) in [6.45, 7) is 0.0402. The van der Waals surface area contributed by atoms with Crippen molar-refractivity contribution in [2.24, 2.45) is 0 Å². The van der Waals surface area contributed by atoms with Crippen molar-refractivity contribution < 1.29 is 17.9 Å². The number of hydrogen-bond acceptors (Lipinski definition) is 3. The van der Waals surface area contributed by atoms with Crippen molar-refractivity contribution in [3.63, 3.8) is 0 Å². The van der Waals surface area contributed by atoms with Gasteiger partial charge in [-0.3, -0.25) is 4.57 Å². The van der Waals surface area contributed by atoms with E-state index in [4.69, 9.17) is 16.3 Å². The molecular formula is C17H13ClF3N3O2. The van der Waals surface area contributed by atoms with Crippen molar-refractivity contribution in [3.05, 3.63) is 69.1 Å². The zero-order valence-electron chi connectivity index (χ0n) is 13.5. The van der Waals surface area contributed by atoms with Crippen molar-refractivity contribution in [2.75, 3.05) is 7.11 Å². The first-order valence-electron chi connectivity index (χ1n) is 7.45. The molecule has 0 radical (unpaired) electrons. The van der Waals surface area contributed by atoms with E-state index in [1.54, 1.807) is 18.2 Å². The van der Waals surface area contributed by atoms with Crippen molar-refractivity contribution in [1.82, 2.24) is 14.8 Å². The van der Waals surface area contributed by atoms with Crippen LogP contribution in [0.25, 0.3) is 11.4 Å². The minimum atomic E-state index is -4.41. The molecule has 1 aromatic heterocycles. The van der Waals surface area contributed by atoms with Crippen LogP contribution in [0.15, 0.2) is 47.3 Å². The molecule has 0 aliphatic rings. The molecule has 0 spiro atoms. The molecular weight excluding hydrogens is 371 g/mol. The lowest BCUT2D eigenvalue weighted by molar-refractivity contribution is -0.137. The lowest BCUT2D eigenvalue weighted by Gasteiger charge is -2.11. The van der Waals surface area contributed by atoms with Gasteiger partial charge < -0.3 is 4.74 Å². The highest BCUT2D eigenvalue weighted by Gasteiger charge is 2.30. The smallest absolute Gasteiger partial charge is 0.416 e. The molecule has 0 aliphatic heterocycles. The normalized spacial score (nSPS) is 11.6. The highest BCUT2D eigenvalue weighted by atomic mass is 35.5. The lowest BCUT2D eigenvalue weighted by atomic mass is 10.1. The van der Waals surface area contributed by atoms with Gasteiger partial charge in [0.15, 0.2) is 5.82 Å². The Balaban J connectivity index is 1.99. The number of hydrogen-bond donors (Lipinski definition) is 1. The van der Waals surface area contributed by atoms with E-state index in [1.807, 2.05) is 0 Å². The number of halogens is 4.